The van der Waals surface area contributed by atoms with Crippen LogP contribution in [-0.4, -0.2) is 14.9 Å². The van der Waals surface area contributed by atoms with E-state index in [1.165, 1.54) is 32.1 Å². The van der Waals surface area contributed by atoms with Gasteiger partial charge in [-0.05, 0) is 18.8 Å². The third-order valence-corrected chi connectivity index (χ3v) is 4.83. The van der Waals surface area contributed by atoms with Gasteiger partial charge in [0.05, 0.1) is 11.8 Å². The summed E-state index contributed by atoms with van der Waals surface area (Å²) in [5.74, 6) is 2.68. The first-order chi connectivity index (χ1) is 8.96. The van der Waals surface area contributed by atoms with Crippen molar-refractivity contribution >= 4 is 11.8 Å². The Labute approximate surface area is 119 Å². The molecule has 5 heteroatoms. The van der Waals surface area contributed by atoms with Crippen molar-refractivity contribution in [2.75, 3.05) is 0 Å². The van der Waals surface area contributed by atoms with E-state index in [1.54, 1.807) is 0 Å². The van der Waals surface area contributed by atoms with Crippen LogP contribution < -0.4 is 5.73 Å². The van der Waals surface area contributed by atoms with E-state index in [9.17, 15) is 0 Å². The van der Waals surface area contributed by atoms with Gasteiger partial charge in [-0.2, -0.15) is 4.98 Å². The first-order valence-electron chi connectivity index (χ1n) is 7.18. The van der Waals surface area contributed by atoms with Crippen LogP contribution in [0.3, 0.4) is 0 Å². The molecule has 1 aromatic rings. The second-order valence-corrected chi connectivity index (χ2v) is 8.18. The molecular weight excluding hydrogens is 258 g/mol. The third-order valence-electron chi connectivity index (χ3n) is 3.56. The summed E-state index contributed by atoms with van der Waals surface area (Å²) in [5, 5.41) is 4.05. The molecule has 1 fully saturated rings. The maximum Gasteiger partial charge on any atom is 0.243 e. The van der Waals surface area contributed by atoms with Crippen molar-refractivity contribution in [1.29, 1.82) is 0 Å². The van der Waals surface area contributed by atoms with E-state index in [-0.39, 0.29) is 10.8 Å². The molecule has 1 saturated carbocycles. The second kappa shape index (κ2) is 6.27. The van der Waals surface area contributed by atoms with Gasteiger partial charge >= 0.3 is 0 Å². The van der Waals surface area contributed by atoms with Gasteiger partial charge in [0.2, 0.25) is 5.89 Å². The molecule has 0 spiro atoms. The van der Waals surface area contributed by atoms with Crippen LogP contribution in [0.2, 0.25) is 0 Å². The summed E-state index contributed by atoms with van der Waals surface area (Å²) in [6.07, 6.45) is 6.27. The smallest absolute Gasteiger partial charge is 0.243 e. The van der Waals surface area contributed by atoms with Gasteiger partial charge in [-0.25, -0.2) is 0 Å². The molecule has 2 rings (SSSR count). The lowest BCUT2D eigenvalue weighted by molar-refractivity contribution is 0.255. The molecule has 108 valence electrons. The Morgan fingerprint density at radius 3 is 2.63 bits per heavy atom. The molecule has 1 aliphatic carbocycles. The summed E-state index contributed by atoms with van der Waals surface area (Å²) in [6, 6.07) is -0.0822. The molecule has 0 radical (unpaired) electrons. The average molecular weight is 283 g/mol. The predicted octanol–water partition coefficient (Wildman–Crippen LogP) is 3.68. The SMILES string of the molecule is CC(C)(C)SCc1noc(C(N)C2CCCCC2)n1. The topological polar surface area (TPSA) is 64.9 Å². The molecule has 1 aromatic heterocycles. The van der Waals surface area contributed by atoms with Gasteiger partial charge < -0.3 is 10.3 Å². The molecule has 1 heterocycles. The number of hydrogen-bond donors (Lipinski definition) is 1. The molecule has 4 nitrogen and oxygen atoms in total. The van der Waals surface area contributed by atoms with E-state index in [4.69, 9.17) is 10.3 Å². The van der Waals surface area contributed by atoms with Crippen LogP contribution >= 0.6 is 11.8 Å². The number of nitrogens with zero attached hydrogens (tertiary/aromatic N) is 2. The molecule has 0 saturated heterocycles. The van der Waals surface area contributed by atoms with E-state index in [0.717, 1.165) is 11.6 Å². The van der Waals surface area contributed by atoms with Gasteiger partial charge in [0, 0.05) is 4.75 Å². The molecule has 0 bridgehead atoms. The van der Waals surface area contributed by atoms with Crippen molar-refractivity contribution in [3.05, 3.63) is 11.7 Å². The Morgan fingerprint density at radius 1 is 1.32 bits per heavy atom. The summed E-state index contributed by atoms with van der Waals surface area (Å²) >= 11 is 1.82. The molecule has 0 amide bonds. The van der Waals surface area contributed by atoms with Crippen molar-refractivity contribution in [2.24, 2.45) is 11.7 Å². The Kier molecular flexibility index (Phi) is 4.90. The van der Waals surface area contributed by atoms with Crippen molar-refractivity contribution in [2.45, 2.75) is 69.4 Å². The minimum Gasteiger partial charge on any atom is -0.338 e. The van der Waals surface area contributed by atoms with Crippen molar-refractivity contribution in [1.82, 2.24) is 10.1 Å². The van der Waals surface area contributed by atoms with Crippen LogP contribution in [0.25, 0.3) is 0 Å². The highest BCUT2D eigenvalue weighted by atomic mass is 32.2. The van der Waals surface area contributed by atoms with Crippen LogP contribution in [-0.2, 0) is 5.75 Å². The Hall–Kier alpha value is -0.550. The third kappa shape index (κ3) is 4.49. The summed E-state index contributed by atoms with van der Waals surface area (Å²) in [6.45, 7) is 6.56. The zero-order valence-corrected chi connectivity index (χ0v) is 13.0. The van der Waals surface area contributed by atoms with Crippen molar-refractivity contribution < 1.29 is 4.52 Å². The highest BCUT2D eigenvalue weighted by Gasteiger charge is 2.26. The fourth-order valence-electron chi connectivity index (χ4n) is 2.44. The zero-order chi connectivity index (χ0) is 13.9. The predicted molar refractivity (Wildman–Crippen MR) is 78.8 cm³/mol. The monoisotopic (exact) mass is 283 g/mol. The minimum absolute atomic E-state index is 0.0822. The van der Waals surface area contributed by atoms with Gasteiger partial charge in [0.1, 0.15) is 0 Å². The fraction of sp³-hybridized carbons (Fsp3) is 0.857. The van der Waals surface area contributed by atoms with E-state index in [0.29, 0.717) is 11.8 Å². The molecule has 1 aliphatic rings. The van der Waals surface area contributed by atoms with Crippen LogP contribution in [0.5, 0.6) is 0 Å². The van der Waals surface area contributed by atoms with Gasteiger partial charge in [0.15, 0.2) is 5.82 Å². The number of nitrogens with two attached hydrogens (primary N) is 1. The molecule has 1 atom stereocenters. The lowest BCUT2D eigenvalue weighted by Crippen LogP contribution is -2.23. The minimum atomic E-state index is -0.0822. The van der Waals surface area contributed by atoms with E-state index >= 15 is 0 Å². The number of hydrogen-bond acceptors (Lipinski definition) is 5. The number of thioether (sulfide) groups is 1. The largest absolute Gasteiger partial charge is 0.338 e. The Bertz CT molecular complexity index is 394. The zero-order valence-electron chi connectivity index (χ0n) is 12.2. The van der Waals surface area contributed by atoms with Gasteiger partial charge in [-0.3, -0.25) is 0 Å². The Morgan fingerprint density at radius 2 is 2.00 bits per heavy atom. The Balaban J connectivity index is 1.92. The molecule has 19 heavy (non-hydrogen) atoms. The maximum absolute atomic E-state index is 6.26. The van der Waals surface area contributed by atoms with E-state index in [2.05, 4.69) is 30.9 Å². The van der Waals surface area contributed by atoms with Crippen LogP contribution in [0.1, 0.15) is 70.6 Å². The van der Waals surface area contributed by atoms with Crippen molar-refractivity contribution in [3.63, 3.8) is 0 Å². The summed E-state index contributed by atoms with van der Waals surface area (Å²) in [7, 11) is 0. The van der Waals surface area contributed by atoms with Gasteiger partial charge in [-0.1, -0.05) is 45.2 Å². The summed E-state index contributed by atoms with van der Waals surface area (Å²) in [5.41, 5.74) is 6.26. The summed E-state index contributed by atoms with van der Waals surface area (Å²) < 4.78 is 5.56. The summed E-state index contributed by atoms with van der Waals surface area (Å²) in [4.78, 5) is 4.46. The van der Waals surface area contributed by atoms with Crippen LogP contribution in [0, 0.1) is 5.92 Å². The molecule has 2 N–H and O–H groups in total. The highest BCUT2D eigenvalue weighted by Crippen LogP contribution is 2.32. The fourth-order valence-corrected chi connectivity index (χ4v) is 3.12. The number of rotatable bonds is 4. The van der Waals surface area contributed by atoms with E-state index < -0.39 is 0 Å². The second-order valence-electron chi connectivity index (χ2n) is 6.37. The highest BCUT2D eigenvalue weighted by molar-refractivity contribution is 7.99. The van der Waals surface area contributed by atoms with E-state index in [1.807, 2.05) is 11.8 Å². The van der Waals surface area contributed by atoms with Gasteiger partial charge in [-0.15, -0.1) is 11.8 Å². The lowest BCUT2D eigenvalue weighted by atomic mass is 9.84. The number of aromatic nitrogens is 2. The lowest BCUT2D eigenvalue weighted by Gasteiger charge is -2.24. The molecular formula is C14H25N3OS. The molecule has 0 aliphatic heterocycles. The first-order valence-corrected chi connectivity index (χ1v) is 8.16. The van der Waals surface area contributed by atoms with Crippen molar-refractivity contribution in [3.8, 4) is 0 Å². The van der Waals surface area contributed by atoms with Gasteiger partial charge in [0.25, 0.3) is 0 Å². The molecule has 1 unspecified atom stereocenters. The van der Waals surface area contributed by atoms with Crippen LogP contribution in [0.15, 0.2) is 4.52 Å². The maximum atomic E-state index is 6.26. The normalized spacial score (nSPS) is 19.6. The van der Waals surface area contributed by atoms with Crippen LogP contribution in [0.4, 0.5) is 0 Å². The average Bonchev–Trinajstić information content (AvgIpc) is 2.84. The quantitative estimate of drug-likeness (QED) is 0.913. The standard InChI is InChI=1S/C14H25N3OS/c1-14(2,3)19-9-11-16-13(18-17-11)12(15)10-7-5-4-6-8-10/h10,12H,4-9,15H2,1-3H3. The molecule has 0 aromatic carbocycles. The first kappa shape index (κ1) is 14.9.